The van der Waals surface area contributed by atoms with Crippen LogP contribution >= 0.6 is 0 Å². The molecule has 1 aromatic rings. The van der Waals surface area contributed by atoms with E-state index in [1.54, 1.807) is 5.10 Å². The van der Waals surface area contributed by atoms with Crippen LogP contribution in [0.2, 0.25) is 0 Å². The lowest BCUT2D eigenvalue weighted by atomic mass is 10.1. The Bertz CT molecular complexity index is 588. The zero-order valence-electron chi connectivity index (χ0n) is 12.1. The lowest BCUT2D eigenvalue weighted by molar-refractivity contribution is -0.139. The van der Waals surface area contributed by atoms with Gasteiger partial charge in [-0.25, -0.2) is 5.10 Å². The molecular formula is C12H16F3N3O5. The summed E-state index contributed by atoms with van der Waals surface area (Å²) in [4.78, 5) is 21.7. The van der Waals surface area contributed by atoms with Crippen molar-refractivity contribution in [1.82, 2.24) is 10.2 Å². The molecule has 23 heavy (non-hydrogen) atoms. The maximum absolute atomic E-state index is 12.9. The van der Waals surface area contributed by atoms with E-state index in [9.17, 15) is 27.9 Å². The standard InChI is InChI=1S/C12H16F3N3O5/c1-6(19)8(5-23-3-2-9(20)21)17-7-4-16-18-11(22)10(7)12(13,14)15/h4,6,8,19H,2-3,5H2,1H3,(H,20,21)(H2,17,18,22)/t6-,8+/m0/s1. The van der Waals surface area contributed by atoms with Crippen molar-refractivity contribution in [3.05, 3.63) is 22.1 Å². The summed E-state index contributed by atoms with van der Waals surface area (Å²) >= 11 is 0. The van der Waals surface area contributed by atoms with E-state index in [1.165, 1.54) is 6.92 Å². The van der Waals surface area contributed by atoms with Crippen LogP contribution in [0.5, 0.6) is 0 Å². The first-order valence-corrected chi connectivity index (χ1v) is 6.52. The molecule has 0 saturated heterocycles. The second-order valence-corrected chi connectivity index (χ2v) is 4.70. The van der Waals surface area contributed by atoms with Crippen molar-refractivity contribution < 1.29 is 32.9 Å². The first kappa shape index (κ1) is 18.9. The largest absolute Gasteiger partial charge is 0.481 e. The molecule has 2 atom stereocenters. The lowest BCUT2D eigenvalue weighted by Crippen LogP contribution is -2.38. The Balaban J connectivity index is 2.87. The summed E-state index contributed by atoms with van der Waals surface area (Å²) in [5.74, 6) is -1.09. The maximum atomic E-state index is 12.9. The van der Waals surface area contributed by atoms with E-state index in [1.807, 2.05) is 0 Å². The third-order valence-corrected chi connectivity index (χ3v) is 2.82. The number of nitrogens with zero attached hydrogens (tertiary/aromatic N) is 1. The van der Waals surface area contributed by atoms with Crippen LogP contribution in [0.3, 0.4) is 0 Å². The summed E-state index contributed by atoms with van der Waals surface area (Å²) < 4.78 is 43.7. The number of carboxylic acid groups (broad SMARTS) is 1. The summed E-state index contributed by atoms with van der Waals surface area (Å²) in [6.45, 7) is 0.890. The Hall–Kier alpha value is -2.14. The fraction of sp³-hybridized carbons (Fsp3) is 0.583. The van der Waals surface area contributed by atoms with Crippen molar-refractivity contribution in [2.24, 2.45) is 0 Å². The molecule has 0 amide bonds. The number of carbonyl (C=O) groups is 1. The number of halogens is 3. The van der Waals surface area contributed by atoms with E-state index in [2.05, 4.69) is 10.4 Å². The van der Waals surface area contributed by atoms with Gasteiger partial charge in [-0.1, -0.05) is 0 Å². The van der Waals surface area contributed by atoms with Crippen LogP contribution < -0.4 is 10.9 Å². The molecule has 0 spiro atoms. The van der Waals surface area contributed by atoms with Crippen molar-refractivity contribution in [3.63, 3.8) is 0 Å². The number of aliphatic hydroxyl groups is 1. The highest BCUT2D eigenvalue weighted by Gasteiger charge is 2.38. The van der Waals surface area contributed by atoms with Crippen molar-refractivity contribution in [2.75, 3.05) is 18.5 Å². The van der Waals surface area contributed by atoms with Gasteiger partial charge in [-0.2, -0.15) is 18.3 Å². The van der Waals surface area contributed by atoms with Crippen molar-refractivity contribution >= 4 is 11.7 Å². The number of anilines is 1. The molecule has 1 aromatic heterocycles. The third-order valence-electron chi connectivity index (χ3n) is 2.82. The summed E-state index contributed by atoms with van der Waals surface area (Å²) in [7, 11) is 0. The van der Waals surface area contributed by atoms with E-state index in [0.29, 0.717) is 0 Å². The Morgan fingerprint density at radius 2 is 2.17 bits per heavy atom. The van der Waals surface area contributed by atoms with E-state index < -0.39 is 41.1 Å². The van der Waals surface area contributed by atoms with E-state index >= 15 is 0 Å². The first-order chi connectivity index (χ1) is 10.6. The van der Waals surface area contributed by atoms with Gasteiger partial charge in [-0.05, 0) is 6.92 Å². The third kappa shape index (κ3) is 5.87. The van der Waals surface area contributed by atoms with Gasteiger partial charge in [0.2, 0.25) is 0 Å². The normalized spacial score (nSPS) is 14.3. The highest BCUT2D eigenvalue weighted by atomic mass is 19.4. The van der Waals surface area contributed by atoms with Crippen LogP contribution in [0, 0.1) is 0 Å². The minimum Gasteiger partial charge on any atom is -0.481 e. The van der Waals surface area contributed by atoms with Crippen molar-refractivity contribution in [1.29, 1.82) is 0 Å². The number of rotatable bonds is 8. The Labute approximate surface area is 128 Å². The average molecular weight is 339 g/mol. The molecule has 0 saturated carbocycles. The van der Waals surface area contributed by atoms with E-state index in [0.717, 1.165) is 6.20 Å². The molecule has 4 N–H and O–H groups in total. The quantitative estimate of drug-likeness (QED) is 0.507. The van der Waals surface area contributed by atoms with Crippen LogP contribution in [0.25, 0.3) is 0 Å². The Morgan fingerprint density at radius 1 is 1.52 bits per heavy atom. The number of ether oxygens (including phenoxy) is 1. The predicted octanol–water partition coefficient (Wildman–Crippen LogP) is 0.441. The lowest BCUT2D eigenvalue weighted by Gasteiger charge is -2.23. The fourth-order valence-corrected chi connectivity index (χ4v) is 1.66. The molecule has 0 fully saturated rings. The zero-order valence-corrected chi connectivity index (χ0v) is 12.1. The molecule has 8 nitrogen and oxygen atoms in total. The molecule has 0 unspecified atom stereocenters. The number of aromatic amines is 1. The SMILES string of the molecule is C[C@H](O)[C@@H](COCCC(=O)O)Nc1cn[nH]c(=O)c1C(F)(F)F. The van der Waals surface area contributed by atoms with Crippen molar-refractivity contribution in [3.8, 4) is 0 Å². The molecule has 0 bridgehead atoms. The number of hydrogen-bond donors (Lipinski definition) is 4. The van der Waals surface area contributed by atoms with Crippen LogP contribution in [0.15, 0.2) is 11.0 Å². The summed E-state index contributed by atoms with van der Waals surface area (Å²) in [5.41, 5.74) is -3.49. The Kier molecular flexibility index (Phi) is 6.51. The molecule has 1 heterocycles. The number of H-pyrrole nitrogens is 1. The molecule has 0 aliphatic heterocycles. The molecular weight excluding hydrogens is 323 g/mol. The van der Waals surface area contributed by atoms with Gasteiger partial charge in [-0.15, -0.1) is 0 Å². The zero-order chi connectivity index (χ0) is 17.6. The van der Waals surface area contributed by atoms with Gasteiger partial charge < -0.3 is 20.3 Å². The average Bonchev–Trinajstić information content (AvgIpc) is 2.40. The van der Waals surface area contributed by atoms with Gasteiger partial charge in [0.25, 0.3) is 5.56 Å². The van der Waals surface area contributed by atoms with Gasteiger partial charge in [0.1, 0.15) is 5.56 Å². The molecule has 1 rings (SSSR count). The van der Waals surface area contributed by atoms with Crippen molar-refractivity contribution in [2.45, 2.75) is 31.7 Å². The number of hydrogen-bond acceptors (Lipinski definition) is 6. The number of carboxylic acids is 1. The number of alkyl halides is 3. The summed E-state index contributed by atoms with van der Waals surface area (Å²) in [5, 5.41) is 25.4. The first-order valence-electron chi connectivity index (χ1n) is 6.52. The smallest absolute Gasteiger partial charge is 0.423 e. The van der Waals surface area contributed by atoms with Crippen LogP contribution in [0.4, 0.5) is 18.9 Å². The molecule has 0 radical (unpaired) electrons. The Morgan fingerprint density at radius 3 is 2.70 bits per heavy atom. The van der Waals surface area contributed by atoms with Gasteiger partial charge in [0, 0.05) is 0 Å². The van der Waals surface area contributed by atoms with Crippen LogP contribution in [-0.2, 0) is 15.7 Å². The van der Waals surface area contributed by atoms with Gasteiger partial charge in [0.15, 0.2) is 0 Å². The monoisotopic (exact) mass is 339 g/mol. The van der Waals surface area contributed by atoms with Gasteiger partial charge in [-0.3, -0.25) is 9.59 Å². The summed E-state index contributed by atoms with van der Waals surface area (Å²) in [6.07, 6.45) is -5.55. The van der Waals surface area contributed by atoms with Crippen LogP contribution in [0.1, 0.15) is 18.9 Å². The number of nitrogens with one attached hydrogen (secondary N) is 2. The minimum absolute atomic E-state index is 0.167. The molecule has 0 aromatic carbocycles. The minimum atomic E-state index is -4.91. The molecule has 11 heteroatoms. The number of aromatic nitrogens is 2. The fourth-order valence-electron chi connectivity index (χ4n) is 1.66. The number of aliphatic carboxylic acids is 1. The summed E-state index contributed by atoms with van der Waals surface area (Å²) in [6, 6.07) is -0.992. The second-order valence-electron chi connectivity index (χ2n) is 4.70. The highest BCUT2D eigenvalue weighted by molar-refractivity contribution is 5.66. The topological polar surface area (TPSA) is 125 Å². The molecule has 130 valence electrons. The van der Waals surface area contributed by atoms with Gasteiger partial charge in [0.05, 0.1) is 43.7 Å². The van der Waals surface area contributed by atoms with Crippen LogP contribution in [-0.4, -0.2) is 51.7 Å². The maximum Gasteiger partial charge on any atom is 0.423 e. The number of aliphatic hydroxyl groups excluding tert-OH is 1. The van der Waals surface area contributed by atoms with Gasteiger partial charge >= 0.3 is 12.1 Å². The van der Waals surface area contributed by atoms with E-state index in [-0.39, 0.29) is 19.6 Å². The highest BCUT2D eigenvalue weighted by Crippen LogP contribution is 2.31. The predicted molar refractivity (Wildman–Crippen MR) is 72.0 cm³/mol. The van der Waals surface area contributed by atoms with E-state index in [4.69, 9.17) is 9.84 Å². The molecule has 0 aliphatic carbocycles. The second kappa shape index (κ2) is 7.92. The molecule has 0 aliphatic rings.